The van der Waals surface area contributed by atoms with Crippen molar-refractivity contribution in [3.8, 4) is 6.07 Å². The molecule has 0 saturated heterocycles. The molecule has 192 valence electrons. The Hall–Kier alpha value is -3.46. The highest BCUT2D eigenvalue weighted by Crippen LogP contribution is 2.47. The first-order chi connectivity index (χ1) is 18.3. The lowest BCUT2D eigenvalue weighted by molar-refractivity contribution is -0.116. The topological polar surface area (TPSA) is 70.1 Å². The third-order valence-corrected chi connectivity index (χ3v) is 8.74. The largest absolute Gasteiger partial charge is 0.384 e. The zero-order valence-electron chi connectivity index (χ0n) is 21.8. The van der Waals surface area contributed by atoms with Gasteiger partial charge in [0.05, 0.1) is 17.6 Å². The molecule has 6 heteroatoms. The van der Waals surface area contributed by atoms with Gasteiger partial charge in [0.15, 0.2) is 5.78 Å². The molecule has 1 heterocycles. The number of nitriles is 1. The number of carbonyl (C=O) groups is 1. The Morgan fingerprint density at radius 2 is 1.74 bits per heavy atom. The molecule has 0 amide bonds. The Balaban J connectivity index is 1.62. The minimum atomic E-state index is -0.469. The average Bonchev–Trinajstić information content (AvgIpc) is 2.90. The van der Waals surface area contributed by atoms with Crippen LogP contribution in [-0.4, -0.2) is 5.78 Å². The maximum atomic E-state index is 13.6. The van der Waals surface area contributed by atoms with Gasteiger partial charge in [0.2, 0.25) is 0 Å². The van der Waals surface area contributed by atoms with E-state index in [9.17, 15) is 10.1 Å². The summed E-state index contributed by atoms with van der Waals surface area (Å²) in [6.45, 7) is 6.20. The highest BCUT2D eigenvalue weighted by Gasteiger charge is 2.41. The van der Waals surface area contributed by atoms with E-state index in [0.717, 1.165) is 62.2 Å². The van der Waals surface area contributed by atoms with E-state index in [1.165, 1.54) is 5.56 Å². The molecule has 0 bridgehead atoms. The molecule has 2 N–H and O–H groups in total. The zero-order valence-corrected chi connectivity index (χ0v) is 23.4. The number of Topliss-reactive ketones (excluding diaryl/α,β-unsaturated/α-hetero) is 1. The van der Waals surface area contributed by atoms with Crippen molar-refractivity contribution >= 4 is 34.8 Å². The highest BCUT2D eigenvalue weighted by molar-refractivity contribution is 7.98. The first-order valence-electron chi connectivity index (χ1n) is 12.8. The summed E-state index contributed by atoms with van der Waals surface area (Å²) in [5.41, 5.74) is 15.2. The summed E-state index contributed by atoms with van der Waals surface area (Å²) in [6, 6.07) is 22.6. The summed E-state index contributed by atoms with van der Waals surface area (Å²) < 4.78 is 0. The van der Waals surface area contributed by atoms with Crippen LogP contribution in [0.2, 0.25) is 5.02 Å². The molecule has 0 saturated carbocycles. The molecule has 2 aliphatic rings. The molecular formula is C32H30ClN3OS. The van der Waals surface area contributed by atoms with E-state index in [-0.39, 0.29) is 5.78 Å². The number of rotatable bonds is 5. The predicted molar refractivity (Wildman–Crippen MR) is 156 cm³/mol. The highest BCUT2D eigenvalue weighted by atomic mass is 35.5. The van der Waals surface area contributed by atoms with Crippen LogP contribution in [0.4, 0.5) is 5.69 Å². The van der Waals surface area contributed by atoms with Gasteiger partial charge in [-0.1, -0.05) is 47.0 Å². The second-order valence-electron chi connectivity index (χ2n) is 10.0. The van der Waals surface area contributed by atoms with Gasteiger partial charge in [0.1, 0.15) is 5.82 Å². The molecule has 1 aliphatic carbocycles. The number of benzene rings is 3. The lowest BCUT2D eigenvalue weighted by Gasteiger charge is -2.40. The van der Waals surface area contributed by atoms with Crippen molar-refractivity contribution in [2.24, 2.45) is 5.73 Å². The van der Waals surface area contributed by atoms with Gasteiger partial charge in [-0.15, -0.1) is 11.8 Å². The van der Waals surface area contributed by atoms with Gasteiger partial charge in [-0.05, 0) is 86.7 Å². The van der Waals surface area contributed by atoms with Crippen LogP contribution in [0.25, 0.3) is 0 Å². The fourth-order valence-electron chi connectivity index (χ4n) is 5.49. The number of aryl methyl sites for hydroxylation is 2. The average molecular weight is 540 g/mol. The van der Waals surface area contributed by atoms with Crippen molar-refractivity contribution in [3.63, 3.8) is 0 Å². The molecule has 3 aromatic carbocycles. The normalized spacial score (nSPS) is 17.5. The quantitative estimate of drug-likeness (QED) is 0.334. The zero-order chi connectivity index (χ0) is 27.0. The van der Waals surface area contributed by atoms with E-state index in [0.29, 0.717) is 23.4 Å². The lowest BCUT2D eigenvalue weighted by Crippen LogP contribution is -2.39. The number of nitrogens with two attached hydrogens (primary N) is 1. The van der Waals surface area contributed by atoms with Crippen molar-refractivity contribution in [2.45, 2.75) is 56.6 Å². The molecule has 3 aromatic rings. The number of anilines is 1. The Kier molecular flexibility index (Phi) is 7.38. The standard InChI is InChI=1S/C32H30ClN3OS/c1-19-7-11-24(12-8-19)36-28-5-4-6-29(37)31(28)30(27(17-34)32(36)35)26-16-20(2)15-22(21(26)3)18-38-25-13-9-23(33)10-14-25/h7-16,30H,4-6,18,35H2,1-3H3. The van der Waals surface area contributed by atoms with Crippen LogP contribution in [0.1, 0.15) is 53.0 Å². The second kappa shape index (κ2) is 10.7. The van der Waals surface area contributed by atoms with Crippen molar-refractivity contribution < 1.29 is 4.79 Å². The Morgan fingerprint density at radius 3 is 2.42 bits per heavy atom. The van der Waals surface area contributed by atoms with Gasteiger partial charge in [0, 0.05) is 39.0 Å². The third-order valence-electron chi connectivity index (χ3n) is 7.42. The van der Waals surface area contributed by atoms with E-state index in [1.807, 2.05) is 60.4 Å². The minimum Gasteiger partial charge on any atom is -0.384 e. The molecule has 1 aliphatic heterocycles. The molecule has 4 nitrogen and oxygen atoms in total. The summed E-state index contributed by atoms with van der Waals surface area (Å²) in [4.78, 5) is 16.6. The molecule has 5 rings (SSSR count). The van der Waals surface area contributed by atoms with E-state index in [2.05, 4.69) is 32.0 Å². The van der Waals surface area contributed by atoms with E-state index in [1.54, 1.807) is 11.8 Å². The number of thioether (sulfide) groups is 1. The Bertz CT molecular complexity index is 1510. The molecule has 1 atom stereocenters. The predicted octanol–water partition coefficient (Wildman–Crippen LogP) is 7.86. The summed E-state index contributed by atoms with van der Waals surface area (Å²) in [5.74, 6) is 0.814. The van der Waals surface area contributed by atoms with Gasteiger partial charge < -0.3 is 5.73 Å². The van der Waals surface area contributed by atoms with Crippen LogP contribution in [0.3, 0.4) is 0 Å². The van der Waals surface area contributed by atoms with Gasteiger partial charge in [0.25, 0.3) is 0 Å². The van der Waals surface area contributed by atoms with Crippen LogP contribution in [0.15, 0.2) is 88.2 Å². The molecule has 0 radical (unpaired) electrons. The van der Waals surface area contributed by atoms with Crippen LogP contribution in [-0.2, 0) is 10.5 Å². The minimum absolute atomic E-state index is 0.103. The Morgan fingerprint density at radius 1 is 1.03 bits per heavy atom. The number of nitrogens with zero attached hydrogens (tertiary/aromatic N) is 2. The van der Waals surface area contributed by atoms with Crippen LogP contribution in [0, 0.1) is 32.1 Å². The summed E-state index contributed by atoms with van der Waals surface area (Å²) in [5, 5.41) is 11.1. The summed E-state index contributed by atoms with van der Waals surface area (Å²) in [6.07, 6.45) is 2.01. The number of hydrogen-bond donors (Lipinski definition) is 1. The first-order valence-corrected chi connectivity index (χ1v) is 14.2. The maximum Gasteiger partial charge on any atom is 0.161 e. The molecule has 0 aromatic heterocycles. The van der Waals surface area contributed by atoms with Crippen molar-refractivity contribution in [2.75, 3.05) is 4.90 Å². The fraction of sp³-hybridized carbons (Fsp3) is 0.250. The van der Waals surface area contributed by atoms with Crippen molar-refractivity contribution in [3.05, 3.63) is 116 Å². The SMILES string of the molecule is Cc1ccc(N2C(N)=C(C#N)C(c3cc(C)cc(CSc4ccc(Cl)cc4)c3C)C3=C2CCCC3=O)cc1. The summed E-state index contributed by atoms with van der Waals surface area (Å²) in [7, 11) is 0. The van der Waals surface area contributed by atoms with E-state index >= 15 is 0 Å². The van der Waals surface area contributed by atoms with Crippen molar-refractivity contribution in [1.82, 2.24) is 0 Å². The van der Waals surface area contributed by atoms with E-state index < -0.39 is 5.92 Å². The number of hydrogen-bond acceptors (Lipinski definition) is 5. The number of allylic oxidation sites excluding steroid dienone is 3. The van der Waals surface area contributed by atoms with Crippen molar-refractivity contribution in [1.29, 1.82) is 5.26 Å². The van der Waals surface area contributed by atoms with Crippen LogP contribution < -0.4 is 10.6 Å². The molecule has 38 heavy (non-hydrogen) atoms. The number of halogens is 1. The third kappa shape index (κ3) is 4.87. The molecular weight excluding hydrogens is 510 g/mol. The maximum absolute atomic E-state index is 13.6. The fourth-order valence-corrected chi connectivity index (χ4v) is 6.57. The number of carbonyl (C=O) groups excluding carboxylic acids is 1. The second-order valence-corrected chi connectivity index (χ2v) is 11.5. The monoisotopic (exact) mass is 539 g/mol. The van der Waals surface area contributed by atoms with Gasteiger partial charge >= 0.3 is 0 Å². The lowest BCUT2D eigenvalue weighted by atomic mass is 9.73. The summed E-state index contributed by atoms with van der Waals surface area (Å²) >= 11 is 7.80. The smallest absolute Gasteiger partial charge is 0.161 e. The van der Waals surface area contributed by atoms with Crippen LogP contribution >= 0.6 is 23.4 Å². The van der Waals surface area contributed by atoms with Gasteiger partial charge in [-0.25, -0.2) is 0 Å². The first kappa shape index (κ1) is 26.2. The van der Waals surface area contributed by atoms with Gasteiger partial charge in [-0.3, -0.25) is 9.69 Å². The number of ketones is 1. The Labute approximate surface area is 233 Å². The molecule has 0 spiro atoms. The molecule has 1 unspecified atom stereocenters. The van der Waals surface area contributed by atoms with Crippen LogP contribution in [0.5, 0.6) is 0 Å². The van der Waals surface area contributed by atoms with Gasteiger partial charge in [-0.2, -0.15) is 5.26 Å². The van der Waals surface area contributed by atoms with E-state index in [4.69, 9.17) is 17.3 Å². The molecule has 0 fully saturated rings.